The molecule has 58 valence electrons. The Morgan fingerprint density at radius 1 is 1.40 bits per heavy atom. The van der Waals surface area contributed by atoms with E-state index in [4.69, 9.17) is 5.11 Å². The van der Waals surface area contributed by atoms with Crippen molar-refractivity contribution in [1.82, 2.24) is 0 Å². The second-order valence-corrected chi connectivity index (χ2v) is 3.98. The number of hydrogen-bond donors (Lipinski definition) is 1. The lowest BCUT2D eigenvalue weighted by atomic mass is 9.93. The first-order chi connectivity index (χ1) is 4.55. The molecule has 1 aliphatic rings. The first-order valence-corrected chi connectivity index (χ1v) is 3.88. The van der Waals surface area contributed by atoms with Crippen molar-refractivity contribution in [3.63, 3.8) is 0 Å². The van der Waals surface area contributed by atoms with E-state index in [1.807, 2.05) is 0 Å². The highest BCUT2D eigenvalue weighted by Gasteiger charge is 2.30. The third kappa shape index (κ3) is 1.60. The van der Waals surface area contributed by atoms with E-state index in [-0.39, 0.29) is 0 Å². The van der Waals surface area contributed by atoms with Crippen LogP contribution in [-0.4, -0.2) is 11.7 Å². The minimum Gasteiger partial charge on any atom is -0.396 e. The molecule has 1 rings (SSSR count). The van der Waals surface area contributed by atoms with Gasteiger partial charge in [0.2, 0.25) is 0 Å². The highest BCUT2D eigenvalue weighted by Crippen LogP contribution is 2.45. The van der Waals surface area contributed by atoms with Crippen LogP contribution in [0.3, 0.4) is 0 Å². The topological polar surface area (TPSA) is 20.2 Å². The average Bonchev–Trinajstić information content (AvgIpc) is 2.44. The monoisotopic (exact) mass is 140 g/mol. The molecule has 1 aliphatic carbocycles. The summed E-state index contributed by atoms with van der Waals surface area (Å²) < 4.78 is 0. The average molecular weight is 140 g/mol. The fourth-order valence-electron chi connectivity index (χ4n) is 1.34. The Labute approximate surface area is 62.8 Å². The fraction of sp³-hybridized carbons (Fsp3) is 0.778. The molecule has 0 fully saturated rings. The van der Waals surface area contributed by atoms with Crippen LogP contribution < -0.4 is 0 Å². The Morgan fingerprint density at radius 2 is 2.00 bits per heavy atom. The van der Waals surface area contributed by atoms with Crippen molar-refractivity contribution in [1.29, 1.82) is 0 Å². The molecule has 0 saturated carbocycles. The highest BCUT2D eigenvalue weighted by molar-refractivity contribution is 5.38. The minimum atomic E-state index is 0.314. The Morgan fingerprint density at radius 3 is 2.30 bits per heavy atom. The van der Waals surface area contributed by atoms with E-state index in [0.29, 0.717) is 12.0 Å². The molecule has 0 aromatic carbocycles. The summed E-state index contributed by atoms with van der Waals surface area (Å²) in [4.78, 5) is 0. The van der Waals surface area contributed by atoms with Crippen LogP contribution in [0.5, 0.6) is 0 Å². The maximum Gasteiger partial charge on any atom is 0.0468 e. The molecule has 0 amide bonds. The van der Waals surface area contributed by atoms with E-state index < -0.39 is 0 Å². The van der Waals surface area contributed by atoms with Crippen molar-refractivity contribution in [3.8, 4) is 0 Å². The van der Waals surface area contributed by atoms with Crippen molar-refractivity contribution in [3.05, 3.63) is 11.1 Å². The maximum atomic E-state index is 8.63. The van der Waals surface area contributed by atoms with Crippen LogP contribution in [0.1, 0.15) is 33.6 Å². The molecule has 1 nitrogen and oxygen atoms in total. The summed E-state index contributed by atoms with van der Waals surface area (Å²) in [5.41, 5.74) is 3.39. The first kappa shape index (κ1) is 7.80. The van der Waals surface area contributed by atoms with E-state index in [0.717, 1.165) is 6.42 Å². The number of aliphatic hydroxyl groups is 1. The van der Waals surface area contributed by atoms with Gasteiger partial charge in [0, 0.05) is 6.61 Å². The minimum absolute atomic E-state index is 0.314. The van der Waals surface area contributed by atoms with Gasteiger partial charge in [-0.3, -0.25) is 0 Å². The third-order valence-electron chi connectivity index (χ3n) is 2.01. The predicted molar refractivity (Wildman–Crippen MR) is 42.8 cm³/mol. The summed E-state index contributed by atoms with van der Waals surface area (Å²) in [6.45, 7) is 7.00. The van der Waals surface area contributed by atoms with Gasteiger partial charge in [0.15, 0.2) is 0 Å². The van der Waals surface area contributed by atoms with Gasteiger partial charge in [-0.2, -0.15) is 0 Å². The number of aliphatic hydroxyl groups excluding tert-OH is 1. The molecule has 0 spiro atoms. The standard InChI is InChI=1S/C9H16O/c1-9(2,3)8-6-7(8)4-5-10/h10H,4-6H2,1-3H3. The molecule has 0 unspecified atom stereocenters. The van der Waals surface area contributed by atoms with E-state index in [1.54, 1.807) is 5.57 Å². The Balaban J connectivity index is 2.48. The summed E-state index contributed by atoms with van der Waals surface area (Å²) in [5.74, 6) is 0. The summed E-state index contributed by atoms with van der Waals surface area (Å²) in [6, 6.07) is 0. The second kappa shape index (κ2) is 2.39. The summed E-state index contributed by atoms with van der Waals surface area (Å²) in [5, 5.41) is 8.63. The summed E-state index contributed by atoms with van der Waals surface area (Å²) in [6.07, 6.45) is 2.07. The van der Waals surface area contributed by atoms with Gasteiger partial charge in [0.25, 0.3) is 0 Å². The van der Waals surface area contributed by atoms with E-state index in [1.165, 1.54) is 12.0 Å². The quantitative estimate of drug-likeness (QED) is 0.582. The normalized spacial score (nSPS) is 18.0. The molecule has 1 heteroatoms. The van der Waals surface area contributed by atoms with Crippen LogP contribution in [0, 0.1) is 5.41 Å². The van der Waals surface area contributed by atoms with Crippen LogP contribution in [0.15, 0.2) is 11.1 Å². The lowest BCUT2D eigenvalue weighted by Gasteiger charge is -2.12. The van der Waals surface area contributed by atoms with Gasteiger partial charge in [0.1, 0.15) is 0 Å². The summed E-state index contributed by atoms with van der Waals surface area (Å²) in [7, 11) is 0. The van der Waals surface area contributed by atoms with Gasteiger partial charge >= 0.3 is 0 Å². The van der Waals surface area contributed by atoms with Crippen LogP contribution in [0.25, 0.3) is 0 Å². The van der Waals surface area contributed by atoms with Crippen LogP contribution in [-0.2, 0) is 0 Å². The van der Waals surface area contributed by atoms with E-state index >= 15 is 0 Å². The molecule has 0 aliphatic heterocycles. The van der Waals surface area contributed by atoms with Crippen molar-refractivity contribution in [2.24, 2.45) is 5.41 Å². The molecular formula is C9H16O. The number of hydrogen-bond acceptors (Lipinski definition) is 1. The molecule has 0 radical (unpaired) electrons. The SMILES string of the molecule is CC(C)(C)C1=C(CCO)C1. The highest BCUT2D eigenvalue weighted by atomic mass is 16.2. The first-order valence-electron chi connectivity index (χ1n) is 3.88. The Bertz CT molecular complexity index is 160. The second-order valence-electron chi connectivity index (χ2n) is 3.98. The maximum absolute atomic E-state index is 8.63. The zero-order valence-electron chi connectivity index (χ0n) is 7.07. The van der Waals surface area contributed by atoms with Gasteiger partial charge in [-0.25, -0.2) is 0 Å². The van der Waals surface area contributed by atoms with E-state index in [9.17, 15) is 0 Å². The van der Waals surface area contributed by atoms with E-state index in [2.05, 4.69) is 20.8 Å². The Kier molecular flexibility index (Phi) is 1.86. The van der Waals surface area contributed by atoms with Crippen molar-refractivity contribution in [2.75, 3.05) is 6.61 Å². The van der Waals surface area contributed by atoms with Gasteiger partial charge < -0.3 is 5.11 Å². The van der Waals surface area contributed by atoms with Gasteiger partial charge in [0.05, 0.1) is 0 Å². The molecule has 1 N–H and O–H groups in total. The molecular weight excluding hydrogens is 124 g/mol. The molecule has 10 heavy (non-hydrogen) atoms. The zero-order valence-corrected chi connectivity index (χ0v) is 7.07. The van der Waals surface area contributed by atoms with Crippen molar-refractivity contribution >= 4 is 0 Å². The zero-order chi connectivity index (χ0) is 7.78. The smallest absolute Gasteiger partial charge is 0.0468 e. The lowest BCUT2D eigenvalue weighted by molar-refractivity contribution is 0.300. The predicted octanol–water partition coefficient (Wildman–Crippen LogP) is 2.12. The van der Waals surface area contributed by atoms with Crippen molar-refractivity contribution < 1.29 is 5.11 Å². The molecule has 0 bridgehead atoms. The van der Waals surface area contributed by atoms with Crippen LogP contribution in [0.2, 0.25) is 0 Å². The van der Waals surface area contributed by atoms with Crippen LogP contribution >= 0.6 is 0 Å². The molecule has 0 heterocycles. The number of allylic oxidation sites excluding steroid dienone is 1. The fourth-order valence-corrected chi connectivity index (χ4v) is 1.34. The lowest BCUT2D eigenvalue weighted by Crippen LogP contribution is -2.01. The third-order valence-corrected chi connectivity index (χ3v) is 2.01. The van der Waals surface area contributed by atoms with Gasteiger partial charge in [-0.15, -0.1) is 0 Å². The molecule has 0 saturated heterocycles. The van der Waals surface area contributed by atoms with Crippen LogP contribution in [0.4, 0.5) is 0 Å². The largest absolute Gasteiger partial charge is 0.396 e. The molecule has 0 aromatic heterocycles. The summed E-state index contributed by atoms with van der Waals surface area (Å²) >= 11 is 0. The van der Waals surface area contributed by atoms with Gasteiger partial charge in [-0.1, -0.05) is 31.9 Å². The molecule has 0 aromatic rings. The molecule has 0 atom stereocenters. The van der Waals surface area contributed by atoms with Crippen molar-refractivity contribution in [2.45, 2.75) is 33.6 Å². The Hall–Kier alpha value is -0.300. The number of rotatable bonds is 2. The van der Waals surface area contributed by atoms with Gasteiger partial charge in [-0.05, 0) is 18.3 Å².